The number of amides is 1. The molecule has 0 aliphatic heterocycles. The summed E-state index contributed by atoms with van der Waals surface area (Å²) in [7, 11) is 0. The average molecular weight is 483 g/mol. The number of halogens is 2. The molecule has 1 atom stereocenters. The van der Waals surface area contributed by atoms with Gasteiger partial charge in [-0.05, 0) is 24.1 Å². The Hall–Kier alpha value is -3.02. The maximum atomic E-state index is 14.1. The van der Waals surface area contributed by atoms with Crippen molar-refractivity contribution in [2.75, 3.05) is 5.32 Å². The van der Waals surface area contributed by atoms with E-state index in [0.717, 1.165) is 37.2 Å². The molecule has 4 nitrogen and oxygen atoms in total. The van der Waals surface area contributed by atoms with Crippen molar-refractivity contribution in [2.45, 2.75) is 83.5 Å². The molecular formula is C29H36F2N2O2. The van der Waals surface area contributed by atoms with Crippen molar-refractivity contribution in [3.8, 4) is 0 Å². The molecule has 1 N–H and O–H groups in total. The van der Waals surface area contributed by atoms with Gasteiger partial charge in [0.15, 0.2) is 0 Å². The number of aromatic nitrogens is 1. The van der Waals surface area contributed by atoms with Crippen LogP contribution in [0, 0.1) is 11.6 Å². The summed E-state index contributed by atoms with van der Waals surface area (Å²) in [6.45, 7) is 2.24. The molecule has 188 valence electrons. The minimum Gasteiger partial charge on any atom is -0.361 e. The lowest BCUT2D eigenvalue weighted by molar-refractivity contribution is -0.116. The second-order valence-electron chi connectivity index (χ2n) is 9.11. The fourth-order valence-corrected chi connectivity index (χ4v) is 4.27. The highest BCUT2D eigenvalue weighted by Gasteiger charge is 2.27. The van der Waals surface area contributed by atoms with Crippen LogP contribution in [0.2, 0.25) is 0 Å². The Kier molecular flexibility index (Phi) is 10.9. The zero-order valence-corrected chi connectivity index (χ0v) is 20.6. The molecule has 0 unspecified atom stereocenters. The molecule has 0 aliphatic rings. The first-order valence-corrected chi connectivity index (χ1v) is 12.8. The summed E-state index contributed by atoms with van der Waals surface area (Å²) < 4.78 is 32.9. The Morgan fingerprint density at radius 2 is 1.54 bits per heavy atom. The highest BCUT2D eigenvalue weighted by atomic mass is 19.1. The molecule has 0 saturated heterocycles. The second-order valence-corrected chi connectivity index (χ2v) is 9.11. The third-order valence-corrected chi connectivity index (χ3v) is 6.23. The van der Waals surface area contributed by atoms with Gasteiger partial charge in [-0.1, -0.05) is 100 Å². The standard InChI is InChI=1S/C29H36F2N2O2/c1-2-3-4-5-6-7-8-9-10-14-17-24-21-27(33-35-24)28(22-15-12-11-13-16-22)29(34)32-26-19-18-23(30)20-25(26)31/h11-13,15-16,18-21,28H,2-10,14,17H2,1H3,(H,32,34)/t28-/m1/s1. The van der Waals surface area contributed by atoms with Crippen LogP contribution in [0.15, 0.2) is 59.1 Å². The van der Waals surface area contributed by atoms with Crippen LogP contribution in [-0.2, 0) is 11.2 Å². The van der Waals surface area contributed by atoms with Crippen LogP contribution in [0.1, 0.15) is 94.1 Å². The third kappa shape index (κ3) is 8.61. The number of hydrogen-bond donors (Lipinski definition) is 1. The van der Waals surface area contributed by atoms with Crippen LogP contribution in [0.3, 0.4) is 0 Å². The Labute approximate surface area is 207 Å². The summed E-state index contributed by atoms with van der Waals surface area (Å²) in [5.74, 6) is -2.02. The zero-order valence-electron chi connectivity index (χ0n) is 20.6. The molecule has 0 spiro atoms. The molecule has 0 bridgehead atoms. The normalized spacial score (nSPS) is 12.0. The fraction of sp³-hybridized carbons (Fsp3) is 0.448. The van der Waals surface area contributed by atoms with Gasteiger partial charge in [0.2, 0.25) is 5.91 Å². The Morgan fingerprint density at radius 3 is 2.20 bits per heavy atom. The SMILES string of the molecule is CCCCCCCCCCCCc1cc([C@H](C(=O)Nc2ccc(F)cc2F)c2ccccc2)no1. The Balaban J connectivity index is 1.55. The zero-order chi connectivity index (χ0) is 24.9. The van der Waals surface area contributed by atoms with Gasteiger partial charge >= 0.3 is 0 Å². The number of carbonyl (C=O) groups is 1. The van der Waals surface area contributed by atoms with E-state index in [1.165, 1.54) is 57.4 Å². The first-order valence-electron chi connectivity index (χ1n) is 12.8. The van der Waals surface area contributed by atoms with Crippen molar-refractivity contribution in [1.29, 1.82) is 0 Å². The maximum absolute atomic E-state index is 14.1. The van der Waals surface area contributed by atoms with Crippen LogP contribution >= 0.6 is 0 Å². The summed E-state index contributed by atoms with van der Waals surface area (Å²) in [6, 6.07) is 14.0. The molecule has 0 fully saturated rings. The van der Waals surface area contributed by atoms with Gasteiger partial charge in [-0.15, -0.1) is 0 Å². The lowest BCUT2D eigenvalue weighted by Crippen LogP contribution is -2.23. The van der Waals surface area contributed by atoms with E-state index < -0.39 is 23.5 Å². The van der Waals surface area contributed by atoms with Crippen molar-refractivity contribution in [3.63, 3.8) is 0 Å². The molecule has 0 saturated carbocycles. The number of anilines is 1. The summed E-state index contributed by atoms with van der Waals surface area (Å²) in [6.07, 6.45) is 13.3. The summed E-state index contributed by atoms with van der Waals surface area (Å²) >= 11 is 0. The summed E-state index contributed by atoms with van der Waals surface area (Å²) in [5, 5.41) is 6.74. The van der Waals surface area contributed by atoms with E-state index in [0.29, 0.717) is 11.3 Å². The topological polar surface area (TPSA) is 55.1 Å². The lowest BCUT2D eigenvalue weighted by atomic mass is 9.94. The lowest BCUT2D eigenvalue weighted by Gasteiger charge is -2.15. The second kappa shape index (κ2) is 14.4. The highest BCUT2D eigenvalue weighted by Crippen LogP contribution is 2.27. The molecule has 35 heavy (non-hydrogen) atoms. The molecule has 0 radical (unpaired) electrons. The van der Waals surface area contributed by atoms with E-state index in [1.807, 2.05) is 36.4 Å². The van der Waals surface area contributed by atoms with Gasteiger partial charge in [-0.3, -0.25) is 4.79 Å². The summed E-state index contributed by atoms with van der Waals surface area (Å²) in [4.78, 5) is 13.2. The van der Waals surface area contributed by atoms with Crippen LogP contribution in [0.5, 0.6) is 0 Å². The first kappa shape index (κ1) is 26.6. The van der Waals surface area contributed by atoms with Gasteiger partial charge < -0.3 is 9.84 Å². The molecular weight excluding hydrogens is 446 g/mol. The van der Waals surface area contributed by atoms with E-state index in [-0.39, 0.29) is 5.69 Å². The number of nitrogens with zero attached hydrogens (tertiary/aromatic N) is 1. The van der Waals surface area contributed by atoms with Gasteiger partial charge in [-0.2, -0.15) is 0 Å². The van der Waals surface area contributed by atoms with Crippen LogP contribution in [0.4, 0.5) is 14.5 Å². The molecule has 1 heterocycles. The quantitative estimate of drug-likeness (QED) is 0.222. The number of aryl methyl sites for hydroxylation is 1. The minimum atomic E-state index is -0.827. The van der Waals surface area contributed by atoms with E-state index in [2.05, 4.69) is 17.4 Å². The van der Waals surface area contributed by atoms with Gasteiger partial charge in [0, 0.05) is 18.6 Å². The number of nitrogens with one attached hydrogen (secondary N) is 1. The van der Waals surface area contributed by atoms with Gasteiger partial charge in [0.1, 0.15) is 29.0 Å². The minimum absolute atomic E-state index is 0.0774. The van der Waals surface area contributed by atoms with E-state index in [9.17, 15) is 13.6 Å². The van der Waals surface area contributed by atoms with Crippen molar-refractivity contribution in [1.82, 2.24) is 5.16 Å². The number of carbonyl (C=O) groups excluding carboxylic acids is 1. The molecule has 3 aromatic rings. The average Bonchev–Trinajstić information content (AvgIpc) is 3.31. The number of benzene rings is 2. The van der Waals surface area contributed by atoms with E-state index in [4.69, 9.17) is 4.52 Å². The Morgan fingerprint density at radius 1 is 0.886 bits per heavy atom. The van der Waals surface area contributed by atoms with E-state index >= 15 is 0 Å². The molecule has 0 aliphatic carbocycles. The fourth-order valence-electron chi connectivity index (χ4n) is 4.27. The van der Waals surface area contributed by atoms with Gasteiger partial charge in [0.25, 0.3) is 0 Å². The van der Waals surface area contributed by atoms with Crippen molar-refractivity contribution in [2.24, 2.45) is 0 Å². The van der Waals surface area contributed by atoms with E-state index in [1.54, 1.807) is 0 Å². The first-order chi connectivity index (χ1) is 17.1. The Bertz CT molecular complexity index is 1040. The molecule has 2 aromatic carbocycles. The maximum Gasteiger partial charge on any atom is 0.238 e. The predicted octanol–water partition coefficient (Wildman–Crippen LogP) is 8.19. The molecule has 1 aromatic heterocycles. The largest absolute Gasteiger partial charge is 0.361 e. The number of unbranched alkanes of at least 4 members (excludes halogenated alkanes) is 9. The predicted molar refractivity (Wildman–Crippen MR) is 135 cm³/mol. The molecule has 1 amide bonds. The van der Waals surface area contributed by atoms with Crippen LogP contribution < -0.4 is 5.32 Å². The van der Waals surface area contributed by atoms with Gasteiger partial charge in [-0.25, -0.2) is 8.78 Å². The number of hydrogen-bond acceptors (Lipinski definition) is 3. The summed E-state index contributed by atoms with van der Waals surface area (Å²) in [5.41, 5.74) is 1.11. The third-order valence-electron chi connectivity index (χ3n) is 6.23. The van der Waals surface area contributed by atoms with Crippen molar-refractivity contribution in [3.05, 3.63) is 83.2 Å². The highest BCUT2D eigenvalue weighted by molar-refractivity contribution is 5.97. The number of rotatable bonds is 15. The van der Waals surface area contributed by atoms with Crippen LogP contribution in [-0.4, -0.2) is 11.1 Å². The van der Waals surface area contributed by atoms with Crippen LogP contribution in [0.25, 0.3) is 0 Å². The molecule has 3 rings (SSSR count). The van der Waals surface area contributed by atoms with Gasteiger partial charge in [0.05, 0.1) is 5.69 Å². The van der Waals surface area contributed by atoms with Crippen molar-refractivity contribution < 1.29 is 18.1 Å². The monoisotopic (exact) mass is 482 g/mol. The van der Waals surface area contributed by atoms with Crippen molar-refractivity contribution >= 4 is 11.6 Å². The molecule has 6 heteroatoms. The smallest absolute Gasteiger partial charge is 0.238 e.